The van der Waals surface area contributed by atoms with Crippen LogP contribution in [0.15, 0.2) is 65.4 Å². The summed E-state index contributed by atoms with van der Waals surface area (Å²) >= 11 is 0. The molecule has 0 unspecified atom stereocenters. The third-order valence-corrected chi connectivity index (χ3v) is 6.58. The minimum absolute atomic E-state index is 0.0224. The van der Waals surface area contributed by atoms with Crippen LogP contribution in [0, 0.1) is 0 Å². The molecule has 0 saturated heterocycles. The Morgan fingerprint density at radius 3 is 2.25 bits per heavy atom. The lowest BCUT2D eigenvalue weighted by atomic mass is 9.93. The number of fused-ring (bicyclic) bond motifs is 1. The Balaban J connectivity index is 1.35. The molecule has 0 amide bonds. The zero-order valence-electron chi connectivity index (χ0n) is 20.5. The van der Waals surface area contributed by atoms with Gasteiger partial charge in [0.2, 0.25) is 5.82 Å². The largest absolute Gasteiger partial charge is 0.465 e. The average Bonchev–Trinajstić information content (AvgIpc) is 3.62. The first kappa shape index (κ1) is 23.7. The molecule has 184 valence electrons. The molecule has 7 nitrogen and oxygen atoms in total. The van der Waals surface area contributed by atoms with E-state index in [1.54, 1.807) is 12.5 Å². The number of hydrogen-bond donors (Lipinski definition) is 0. The van der Waals surface area contributed by atoms with Gasteiger partial charge in [-0.15, -0.1) is 0 Å². The van der Waals surface area contributed by atoms with Gasteiger partial charge in [0.15, 0.2) is 5.76 Å². The predicted molar refractivity (Wildman–Crippen MR) is 135 cm³/mol. The maximum absolute atomic E-state index is 12.4. The Morgan fingerprint density at radius 1 is 0.944 bits per heavy atom. The summed E-state index contributed by atoms with van der Waals surface area (Å²) in [7, 11) is 0. The average molecular weight is 485 g/mol. The van der Waals surface area contributed by atoms with Gasteiger partial charge in [-0.3, -0.25) is 4.79 Å². The highest BCUT2D eigenvalue weighted by Gasteiger charge is 2.52. The van der Waals surface area contributed by atoms with Gasteiger partial charge in [-0.1, -0.05) is 61.9 Å². The number of hydrogen-bond acceptors (Lipinski definition) is 7. The number of furan rings is 1. The standard InChI is InChI=1S/C29H28N2O5/c1-3-5-16-35-27(32)26-30-17-22-18-36-25(24(22)31-26)21-8-6-19(7-9-21)20-10-12-23(13-11-20)29(14-15-29)28(33)34-4-2/h6-13,17-18H,3-5,14-16H2,1-2H3. The zero-order valence-corrected chi connectivity index (χ0v) is 20.5. The summed E-state index contributed by atoms with van der Waals surface area (Å²) in [5.74, 6) is -0.0718. The first-order valence-electron chi connectivity index (χ1n) is 12.4. The number of rotatable bonds is 9. The van der Waals surface area contributed by atoms with Crippen molar-refractivity contribution in [3.05, 3.63) is 72.4 Å². The second-order valence-electron chi connectivity index (χ2n) is 9.01. The zero-order chi connectivity index (χ0) is 25.1. The van der Waals surface area contributed by atoms with Crippen molar-refractivity contribution in [2.24, 2.45) is 0 Å². The van der Waals surface area contributed by atoms with E-state index in [0.29, 0.717) is 29.9 Å². The van der Waals surface area contributed by atoms with Crippen molar-refractivity contribution < 1.29 is 23.5 Å². The lowest BCUT2D eigenvalue weighted by molar-refractivity contribution is -0.146. The van der Waals surface area contributed by atoms with Crippen molar-refractivity contribution >= 4 is 22.8 Å². The second kappa shape index (κ2) is 9.93. The van der Waals surface area contributed by atoms with Crippen molar-refractivity contribution in [3.63, 3.8) is 0 Å². The maximum Gasteiger partial charge on any atom is 0.376 e. The Hall–Kier alpha value is -4.00. The second-order valence-corrected chi connectivity index (χ2v) is 9.01. The third kappa shape index (κ3) is 4.49. The van der Waals surface area contributed by atoms with E-state index in [2.05, 4.69) is 9.97 Å². The summed E-state index contributed by atoms with van der Waals surface area (Å²) < 4.78 is 16.3. The van der Waals surface area contributed by atoms with Crippen LogP contribution in [-0.4, -0.2) is 35.1 Å². The molecule has 0 N–H and O–H groups in total. The van der Waals surface area contributed by atoms with Crippen LogP contribution < -0.4 is 0 Å². The highest BCUT2D eigenvalue weighted by atomic mass is 16.5. The summed E-state index contributed by atoms with van der Waals surface area (Å²) in [5, 5.41) is 0.713. The van der Waals surface area contributed by atoms with Gasteiger partial charge in [0.05, 0.1) is 24.0 Å². The van der Waals surface area contributed by atoms with Gasteiger partial charge >= 0.3 is 11.9 Å². The van der Waals surface area contributed by atoms with Crippen LogP contribution >= 0.6 is 0 Å². The molecule has 4 aromatic rings. The third-order valence-electron chi connectivity index (χ3n) is 6.58. The van der Waals surface area contributed by atoms with E-state index in [4.69, 9.17) is 13.9 Å². The first-order chi connectivity index (χ1) is 17.6. The first-order valence-corrected chi connectivity index (χ1v) is 12.4. The molecule has 0 radical (unpaired) electrons. The van der Waals surface area contributed by atoms with Crippen LogP contribution in [0.25, 0.3) is 33.4 Å². The summed E-state index contributed by atoms with van der Waals surface area (Å²) in [5.41, 5.74) is 4.03. The molecule has 0 spiro atoms. The van der Waals surface area contributed by atoms with Crippen molar-refractivity contribution in [1.29, 1.82) is 0 Å². The fraction of sp³-hybridized carbons (Fsp3) is 0.310. The van der Waals surface area contributed by atoms with E-state index >= 15 is 0 Å². The number of ether oxygens (including phenoxy) is 2. The molecular formula is C29H28N2O5. The quantitative estimate of drug-likeness (QED) is 0.209. The number of esters is 2. The van der Waals surface area contributed by atoms with E-state index in [1.807, 2.05) is 62.4 Å². The van der Waals surface area contributed by atoms with Crippen molar-refractivity contribution in [1.82, 2.24) is 9.97 Å². The monoisotopic (exact) mass is 484 g/mol. The van der Waals surface area contributed by atoms with Gasteiger partial charge in [0.25, 0.3) is 0 Å². The van der Waals surface area contributed by atoms with Gasteiger partial charge in [-0.05, 0) is 42.9 Å². The summed E-state index contributed by atoms with van der Waals surface area (Å²) in [6.45, 7) is 4.61. The molecule has 36 heavy (non-hydrogen) atoms. The Morgan fingerprint density at radius 2 is 1.61 bits per heavy atom. The van der Waals surface area contributed by atoms with Crippen molar-refractivity contribution in [2.45, 2.75) is 44.9 Å². The Labute approximate surface area is 209 Å². The molecule has 5 rings (SSSR count). The van der Waals surface area contributed by atoms with Gasteiger partial charge < -0.3 is 13.9 Å². The molecule has 1 aliphatic rings. The van der Waals surface area contributed by atoms with Crippen LogP contribution in [0.1, 0.15) is 55.7 Å². The fourth-order valence-electron chi connectivity index (χ4n) is 4.32. The van der Waals surface area contributed by atoms with E-state index in [-0.39, 0.29) is 11.8 Å². The van der Waals surface area contributed by atoms with E-state index < -0.39 is 11.4 Å². The number of carbonyl (C=O) groups is 2. The Kier molecular flexibility index (Phi) is 6.55. The van der Waals surface area contributed by atoms with E-state index in [9.17, 15) is 9.59 Å². The number of benzene rings is 2. The summed E-state index contributed by atoms with van der Waals surface area (Å²) in [4.78, 5) is 33.2. The lowest BCUT2D eigenvalue weighted by Gasteiger charge is -2.14. The molecule has 0 bridgehead atoms. The minimum atomic E-state index is -0.535. The summed E-state index contributed by atoms with van der Waals surface area (Å²) in [6.07, 6.45) is 6.56. The fourth-order valence-corrected chi connectivity index (χ4v) is 4.32. The smallest absolute Gasteiger partial charge is 0.376 e. The van der Waals surface area contributed by atoms with Crippen LogP contribution in [0.4, 0.5) is 0 Å². The van der Waals surface area contributed by atoms with Crippen LogP contribution in [0.5, 0.6) is 0 Å². The van der Waals surface area contributed by atoms with Crippen LogP contribution in [0.2, 0.25) is 0 Å². The van der Waals surface area contributed by atoms with Crippen molar-refractivity contribution in [2.75, 3.05) is 13.2 Å². The highest BCUT2D eigenvalue weighted by Crippen LogP contribution is 2.49. The topological polar surface area (TPSA) is 91.5 Å². The normalized spacial score (nSPS) is 13.9. The highest BCUT2D eigenvalue weighted by molar-refractivity contribution is 5.94. The summed E-state index contributed by atoms with van der Waals surface area (Å²) in [6, 6.07) is 16.1. The number of nitrogens with zero attached hydrogens (tertiary/aromatic N) is 2. The van der Waals surface area contributed by atoms with E-state index in [1.165, 1.54) is 0 Å². The minimum Gasteiger partial charge on any atom is -0.465 e. The van der Waals surface area contributed by atoms with Gasteiger partial charge in [0, 0.05) is 11.8 Å². The molecule has 0 aliphatic heterocycles. The molecule has 1 saturated carbocycles. The molecule has 2 heterocycles. The van der Waals surface area contributed by atoms with Crippen LogP contribution in [-0.2, 0) is 19.7 Å². The number of aromatic nitrogens is 2. The lowest BCUT2D eigenvalue weighted by Crippen LogP contribution is -2.23. The molecular weight excluding hydrogens is 456 g/mol. The predicted octanol–water partition coefficient (Wildman–Crippen LogP) is 6.11. The SMILES string of the molecule is CCCCOC(=O)c1ncc2coc(-c3ccc(-c4ccc(C5(C(=O)OCC)CC5)cc4)cc3)c2n1. The molecule has 1 fully saturated rings. The van der Waals surface area contributed by atoms with Crippen LogP contribution in [0.3, 0.4) is 0 Å². The molecule has 2 aromatic heterocycles. The molecule has 7 heteroatoms. The van der Waals surface area contributed by atoms with Gasteiger partial charge in [-0.2, -0.15) is 0 Å². The maximum atomic E-state index is 12.4. The number of carbonyl (C=O) groups excluding carboxylic acids is 2. The molecule has 1 aliphatic carbocycles. The Bertz CT molecular complexity index is 1390. The number of unbranched alkanes of at least 4 members (excludes halogenated alkanes) is 1. The molecule has 2 aromatic carbocycles. The van der Waals surface area contributed by atoms with Gasteiger partial charge in [-0.25, -0.2) is 14.8 Å². The molecule has 0 atom stereocenters. The van der Waals surface area contributed by atoms with Gasteiger partial charge in [0.1, 0.15) is 11.8 Å². The van der Waals surface area contributed by atoms with Crippen molar-refractivity contribution in [3.8, 4) is 22.5 Å². The van der Waals surface area contributed by atoms with E-state index in [0.717, 1.165) is 47.9 Å².